The van der Waals surface area contributed by atoms with Gasteiger partial charge in [-0.3, -0.25) is 9.78 Å². The number of nitrogens with one attached hydrogen (secondary N) is 1. The van der Waals surface area contributed by atoms with Gasteiger partial charge < -0.3 is 9.84 Å². The van der Waals surface area contributed by atoms with Gasteiger partial charge in [0.25, 0.3) is 5.91 Å². The maximum Gasteiger partial charge on any atom is 0.276 e. The number of carbonyl (C=O) groups excluding carboxylic acids is 1. The molecular formula is C14H12N4O2. The summed E-state index contributed by atoms with van der Waals surface area (Å²) in [7, 11) is 0. The van der Waals surface area contributed by atoms with Crippen LogP contribution in [0.1, 0.15) is 21.9 Å². The van der Waals surface area contributed by atoms with Crippen LogP contribution >= 0.6 is 0 Å². The van der Waals surface area contributed by atoms with Crippen molar-refractivity contribution >= 4 is 22.6 Å². The number of para-hydroxylation sites is 2. The molecule has 0 unspecified atom stereocenters. The molecule has 0 aliphatic heterocycles. The summed E-state index contributed by atoms with van der Waals surface area (Å²) >= 11 is 0. The molecule has 2 heterocycles. The maximum atomic E-state index is 12.2. The lowest BCUT2D eigenvalue weighted by molar-refractivity contribution is 0.102. The monoisotopic (exact) mass is 268 g/mol. The summed E-state index contributed by atoms with van der Waals surface area (Å²) in [6.07, 6.45) is 1.45. The van der Waals surface area contributed by atoms with E-state index in [1.807, 2.05) is 24.3 Å². The molecule has 1 N–H and O–H groups in total. The van der Waals surface area contributed by atoms with Gasteiger partial charge in [-0.05, 0) is 26.0 Å². The van der Waals surface area contributed by atoms with Gasteiger partial charge in [0.1, 0.15) is 17.1 Å². The quantitative estimate of drug-likeness (QED) is 0.772. The first kappa shape index (κ1) is 12.3. The van der Waals surface area contributed by atoms with Crippen LogP contribution < -0.4 is 5.32 Å². The topological polar surface area (TPSA) is 80.9 Å². The third-order valence-electron chi connectivity index (χ3n) is 2.95. The van der Waals surface area contributed by atoms with Crippen LogP contribution in [0, 0.1) is 13.8 Å². The average Bonchev–Trinajstić information content (AvgIpc) is 2.78. The molecule has 20 heavy (non-hydrogen) atoms. The highest BCUT2D eigenvalue weighted by Crippen LogP contribution is 2.19. The molecule has 6 heteroatoms. The molecule has 0 bridgehead atoms. The molecule has 100 valence electrons. The van der Waals surface area contributed by atoms with E-state index in [0.717, 1.165) is 5.52 Å². The van der Waals surface area contributed by atoms with Crippen LogP contribution in [0.3, 0.4) is 0 Å². The minimum Gasteiger partial charge on any atom is -0.359 e. The van der Waals surface area contributed by atoms with Crippen molar-refractivity contribution in [2.45, 2.75) is 13.8 Å². The molecule has 1 amide bonds. The zero-order valence-electron chi connectivity index (χ0n) is 11.0. The van der Waals surface area contributed by atoms with E-state index < -0.39 is 0 Å². The predicted octanol–water partition coefficient (Wildman–Crippen LogP) is 2.49. The first-order chi connectivity index (χ1) is 9.65. The number of carbonyl (C=O) groups is 1. The number of fused-ring (bicyclic) bond motifs is 1. The van der Waals surface area contributed by atoms with Gasteiger partial charge in [0, 0.05) is 0 Å². The van der Waals surface area contributed by atoms with E-state index in [-0.39, 0.29) is 11.6 Å². The zero-order valence-corrected chi connectivity index (χ0v) is 11.0. The van der Waals surface area contributed by atoms with E-state index in [2.05, 4.69) is 20.4 Å². The van der Waals surface area contributed by atoms with Crippen molar-refractivity contribution in [3.8, 4) is 0 Å². The van der Waals surface area contributed by atoms with E-state index in [9.17, 15) is 4.79 Å². The number of aryl methyl sites for hydroxylation is 2. The fourth-order valence-electron chi connectivity index (χ4n) is 1.91. The van der Waals surface area contributed by atoms with Crippen LogP contribution in [0.4, 0.5) is 5.69 Å². The molecule has 0 spiro atoms. The predicted molar refractivity (Wildman–Crippen MR) is 73.5 cm³/mol. The van der Waals surface area contributed by atoms with Gasteiger partial charge in [0.2, 0.25) is 0 Å². The van der Waals surface area contributed by atoms with Crippen LogP contribution in [0.25, 0.3) is 11.0 Å². The molecule has 0 radical (unpaired) electrons. The third-order valence-corrected chi connectivity index (χ3v) is 2.95. The smallest absolute Gasteiger partial charge is 0.276 e. The Labute approximate surface area is 114 Å². The van der Waals surface area contributed by atoms with Crippen LogP contribution in [0.5, 0.6) is 0 Å². The Morgan fingerprint density at radius 2 is 1.95 bits per heavy atom. The number of benzene rings is 1. The highest BCUT2D eigenvalue weighted by atomic mass is 16.5. The standard InChI is InChI=1S/C14H12N4O2/c1-8-13(9(2)20-18-8)17-14(19)12-7-15-10-5-3-4-6-11(10)16-12/h3-7H,1-2H3,(H,17,19). The highest BCUT2D eigenvalue weighted by molar-refractivity contribution is 6.04. The molecule has 0 saturated carbocycles. The largest absolute Gasteiger partial charge is 0.359 e. The maximum absolute atomic E-state index is 12.2. The van der Waals surface area contributed by atoms with Crippen molar-refractivity contribution < 1.29 is 9.32 Å². The number of rotatable bonds is 2. The highest BCUT2D eigenvalue weighted by Gasteiger charge is 2.15. The van der Waals surface area contributed by atoms with Gasteiger partial charge in [0.15, 0.2) is 5.76 Å². The number of nitrogens with zero attached hydrogens (tertiary/aromatic N) is 3. The number of hydrogen-bond donors (Lipinski definition) is 1. The zero-order chi connectivity index (χ0) is 14.1. The van der Waals surface area contributed by atoms with Crippen LogP contribution in [0.15, 0.2) is 35.0 Å². The lowest BCUT2D eigenvalue weighted by Crippen LogP contribution is -2.15. The molecule has 6 nitrogen and oxygen atoms in total. The van der Waals surface area contributed by atoms with Crippen molar-refractivity contribution in [2.24, 2.45) is 0 Å². The Hall–Kier alpha value is -2.76. The third kappa shape index (κ3) is 2.11. The Kier molecular flexibility index (Phi) is 2.90. The Balaban J connectivity index is 1.93. The molecule has 0 fully saturated rings. The molecule has 0 atom stereocenters. The minimum absolute atomic E-state index is 0.253. The SMILES string of the molecule is Cc1noc(C)c1NC(=O)c1cnc2ccccc2n1. The summed E-state index contributed by atoms with van der Waals surface area (Å²) in [4.78, 5) is 20.7. The first-order valence-corrected chi connectivity index (χ1v) is 6.11. The molecule has 0 aliphatic carbocycles. The second kappa shape index (κ2) is 4.73. The fraction of sp³-hybridized carbons (Fsp3) is 0.143. The molecule has 0 aliphatic rings. The van der Waals surface area contributed by atoms with Crippen molar-refractivity contribution in [1.29, 1.82) is 0 Å². The second-order valence-electron chi connectivity index (χ2n) is 4.40. The first-order valence-electron chi connectivity index (χ1n) is 6.11. The number of amides is 1. The Morgan fingerprint density at radius 3 is 2.65 bits per heavy atom. The van der Waals surface area contributed by atoms with Crippen molar-refractivity contribution in [3.05, 3.63) is 47.6 Å². The normalized spacial score (nSPS) is 10.7. The summed E-state index contributed by atoms with van der Waals surface area (Å²) in [5, 5.41) is 6.53. The summed E-state index contributed by atoms with van der Waals surface area (Å²) in [6.45, 7) is 3.50. The average molecular weight is 268 g/mol. The van der Waals surface area contributed by atoms with Crippen molar-refractivity contribution in [3.63, 3.8) is 0 Å². The molecule has 1 aromatic carbocycles. The van der Waals surface area contributed by atoms with Gasteiger partial charge in [-0.1, -0.05) is 17.3 Å². The number of aromatic nitrogens is 3. The van der Waals surface area contributed by atoms with Crippen molar-refractivity contribution in [1.82, 2.24) is 15.1 Å². The van der Waals surface area contributed by atoms with E-state index in [1.54, 1.807) is 13.8 Å². The van der Waals surface area contributed by atoms with Gasteiger partial charge in [-0.15, -0.1) is 0 Å². The van der Waals surface area contributed by atoms with Crippen LogP contribution in [-0.2, 0) is 0 Å². The summed E-state index contributed by atoms with van der Waals surface area (Å²) in [5.74, 6) is 0.224. The second-order valence-corrected chi connectivity index (χ2v) is 4.40. The van der Waals surface area contributed by atoms with Crippen LogP contribution in [-0.4, -0.2) is 21.0 Å². The number of hydrogen-bond acceptors (Lipinski definition) is 5. The molecule has 3 rings (SSSR count). The van der Waals surface area contributed by atoms with Gasteiger partial charge >= 0.3 is 0 Å². The molecular weight excluding hydrogens is 256 g/mol. The van der Waals surface area contributed by atoms with Crippen LogP contribution in [0.2, 0.25) is 0 Å². The number of anilines is 1. The van der Waals surface area contributed by atoms with Gasteiger partial charge in [-0.2, -0.15) is 0 Å². The minimum atomic E-state index is -0.336. The fourth-order valence-corrected chi connectivity index (χ4v) is 1.91. The lowest BCUT2D eigenvalue weighted by Gasteiger charge is -2.04. The molecule has 2 aromatic heterocycles. The van der Waals surface area contributed by atoms with Crippen molar-refractivity contribution in [2.75, 3.05) is 5.32 Å². The van der Waals surface area contributed by atoms with E-state index in [0.29, 0.717) is 22.7 Å². The van der Waals surface area contributed by atoms with E-state index in [1.165, 1.54) is 6.20 Å². The lowest BCUT2D eigenvalue weighted by atomic mass is 10.2. The molecule has 3 aromatic rings. The van der Waals surface area contributed by atoms with E-state index >= 15 is 0 Å². The Bertz CT molecular complexity index is 775. The Morgan fingerprint density at radius 1 is 1.20 bits per heavy atom. The van der Waals surface area contributed by atoms with E-state index in [4.69, 9.17) is 4.52 Å². The summed E-state index contributed by atoms with van der Waals surface area (Å²) in [6, 6.07) is 7.39. The van der Waals surface area contributed by atoms with Gasteiger partial charge in [-0.25, -0.2) is 4.98 Å². The van der Waals surface area contributed by atoms with Gasteiger partial charge in [0.05, 0.1) is 17.2 Å². The summed E-state index contributed by atoms with van der Waals surface area (Å²) < 4.78 is 5.00. The summed E-state index contributed by atoms with van der Waals surface area (Å²) in [5.41, 5.74) is 2.89. The molecule has 0 saturated heterocycles.